The second kappa shape index (κ2) is 13.3. The molecule has 2 unspecified atom stereocenters. The number of piperidine rings is 1. The van der Waals surface area contributed by atoms with E-state index in [0.717, 1.165) is 38.9 Å². The SMILES string of the molecule is CN(C)[C@@H](Cc1ccccc1)C(=O)N(CCN1C2CCC1CC(c1cccc(C(N)=O)c1)C2)CC1CCCCC1. The van der Waals surface area contributed by atoms with Crippen LogP contribution in [0.2, 0.25) is 0 Å². The number of likely N-dealkylation sites (N-methyl/N-ethyl adjacent to an activating group) is 1. The Morgan fingerprint density at radius 2 is 1.62 bits per heavy atom. The van der Waals surface area contributed by atoms with Crippen LogP contribution in [0.25, 0.3) is 0 Å². The van der Waals surface area contributed by atoms with E-state index in [1.807, 2.05) is 38.4 Å². The van der Waals surface area contributed by atoms with Crippen LogP contribution in [0.3, 0.4) is 0 Å². The van der Waals surface area contributed by atoms with Crippen molar-refractivity contribution < 1.29 is 9.59 Å². The van der Waals surface area contributed by atoms with Crippen molar-refractivity contribution in [2.24, 2.45) is 11.7 Å². The van der Waals surface area contributed by atoms with Crippen LogP contribution in [-0.2, 0) is 11.2 Å². The summed E-state index contributed by atoms with van der Waals surface area (Å²) in [4.78, 5) is 33.0. The predicted octanol–water partition coefficient (Wildman–Crippen LogP) is 5.08. The second-order valence-corrected chi connectivity index (χ2v) is 12.7. The lowest BCUT2D eigenvalue weighted by molar-refractivity contribution is -0.137. The van der Waals surface area contributed by atoms with Gasteiger partial charge in [0.2, 0.25) is 11.8 Å². The Bertz CT molecular complexity index is 1120. The van der Waals surface area contributed by atoms with Gasteiger partial charge in [0.15, 0.2) is 0 Å². The molecule has 216 valence electrons. The molecule has 6 heteroatoms. The van der Waals surface area contributed by atoms with Crippen LogP contribution in [0.15, 0.2) is 54.6 Å². The highest BCUT2D eigenvalue weighted by Gasteiger charge is 2.41. The van der Waals surface area contributed by atoms with Crippen molar-refractivity contribution in [3.8, 4) is 0 Å². The summed E-state index contributed by atoms with van der Waals surface area (Å²) in [7, 11) is 4.09. The van der Waals surface area contributed by atoms with Gasteiger partial charge in [0, 0.05) is 37.3 Å². The van der Waals surface area contributed by atoms with Gasteiger partial charge in [0.05, 0.1) is 6.04 Å². The second-order valence-electron chi connectivity index (χ2n) is 12.7. The molecule has 2 aliphatic heterocycles. The summed E-state index contributed by atoms with van der Waals surface area (Å²) in [6.07, 6.45) is 11.8. The van der Waals surface area contributed by atoms with Crippen molar-refractivity contribution in [2.75, 3.05) is 33.7 Å². The normalized spacial score (nSPS) is 24.2. The third kappa shape index (κ3) is 6.95. The minimum atomic E-state index is -0.353. The third-order valence-corrected chi connectivity index (χ3v) is 9.85. The van der Waals surface area contributed by atoms with Gasteiger partial charge in [-0.05, 0) is 94.1 Å². The number of carbonyl (C=O) groups excluding carboxylic acids is 2. The molecule has 3 atom stereocenters. The number of hydrogen-bond donors (Lipinski definition) is 1. The molecule has 3 fully saturated rings. The van der Waals surface area contributed by atoms with Gasteiger partial charge in [0.1, 0.15) is 0 Å². The van der Waals surface area contributed by atoms with Crippen LogP contribution >= 0.6 is 0 Å². The maximum atomic E-state index is 14.2. The van der Waals surface area contributed by atoms with Crippen molar-refractivity contribution in [3.63, 3.8) is 0 Å². The average Bonchev–Trinajstić information content (AvgIpc) is 3.20. The summed E-state index contributed by atoms with van der Waals surface area (Å²) >= 11 is 0. The van der Waals surface area contributed by atoms with Crippen molar-refractivity contribution >= 4 is 11.8 Å². The number of hydrogen-bond acceptors (Lipinski definition) is 4. The fraction of sp³-hybridized carbons (Fsp3) is 0.588. The molecule has 2 bridgehead atoms. The number of amides is 2. The van der Waals surface area contributed by atoms with Crippen molar-refractivity contribution in [1.29, 1.82) is 0 Å². The number of nitrogens with zero attached hydrogens (tertiary/aromatic N) is 3. The zero-order valence-electron chi connectivity index (χ0n) is 24.5. The zero-order chi connectivity index (χ0) is 28.1. The number of fused-ring (bicyclic) bond motifs is 2. The molecule has 0 spiro atoms. The number of benzene rings is 2. The molecule has 0 aromatic heterocycles. The summed E-state index contributed by atoms with van der Waals surface area (Å²) in [6.45, 7) is 2.65. The molecule has 2 aromatic rings. The highest BCUT2D eigenvalue weighted by atomic mass is 16.2. The fourth-order valence-electron chi connectivity index (χ4n) is 7.61. The lowest BCUT2D eigenvalue weighted by Gasteiger charge is -2.41. The molecule has 2 heterocycles. The lowest BCUT2D eigenvalue weighted by Crippen LogP contribution is -2.52. The minimum Gasteiger partial charge on any atom is -0.366 e. The molecule has 5 rings (SSSR count). The molecular weight excluding hydrogens is 496 g/mol. The monoisotopic (exact) mass is 544 g/mol. The summed E-state index contributed by atoms with van der Waals surface area (Å²) in [5.74, 6) is 1.02. The Morgan fingerprint density at radius 1 is 0.925 bits per heavy atom. The standard InChI is InChI=1S/C34H48N4O2/c1-36(2)32(20-25-10-5-3-6-11-25)34(40)37(24-26-12-7-4-8-13-26)18-19-38-30-16-17-31(38)23-29(22-30)27-14-9-15-28(21-27)33(35)39/h3,5-6,9-11,14-15,21,26,29-32H,4,7-8,12-13,16-20,22-24H2,1-2H3,(H2,35,39)/t29?,30?,31?,32-/m0/s1. The first-order valence-corrected chi connectivity index (χ1v) is 15.5. The fourth-order valence-corrected chi connectivity index (χ4v) is 7.61. The quantitative estimate of drug-likeness (QED) is 0.429. The van der Waals surface area contributed by atoms with Gasteiger partial charge < -0.3 is 10.6 Å². The Kier molecular flexibility index (Phi) is 9.59. The van der Waals surface area contributed by atoms with Gasteiger partial charge in [-0.25, -0.2) is 0 Å². The van der Waals surface area contributed by atoms with E-state index < -0.39 is 0 Å². The van der Waals surface area contributed by atoms with E-state index in [1.54, 1.807) is 0 Å². The van der Waals surface area contributed by atoms with E-state index in [4.69, 9.17) is 5.73 Å². The van der Waals surface area contributed by atoms with E-state index in [-0.39, 0.29) is 17.9 Å². The Morgan fingerprint density at radius 3 is 2.27 bits per heavy atom. The van der Waals surface area contributed by atoms with E-state index in [1.165, 1.54) is 56.1 Å². The third-order valence-electron chi connectivity index (χ3n) is 9.85. The van der Waals surface area contributed by atoms with Gasteiger partial charge in [0.25, 0.3) is 0 Å². The average molecular weight is 545 g/mol. The lowest BCUT2D eigenvalue weighted by atomic mass is 9.84. The maximum absolute atomic E-state index is 14.2. The number of carbonyl (C=O) groups is 2. The summed E-state index contributed by atoms with van der Waals surface area (Å²) in [5.41, 5.74) is 8.63. The van der Waals surface area contributed by atoms with Gasteiger partial charge in [-0.2, -0.15) is 0 Å². The summed E-state index contributed by atoms with van der Waals surface area (Å²) < 4.78 is 0. The Hall–Kier alpha value is -2.70. The molecule has 1 aliphatic carbocycles. The summed E-state index contributed by atoms with van der Waals surface area (Å²) in [5, 5.41) is 0. The molecule has 6 nitrogen and oxygen atoms in total. The van der Waals surface area contributed by atoms with E-state index in [2.05, 4.69) is 45.0 Å². The topological polar surface area (TPSA) is 69.9 Å². The van der Waals surface area contributed by atoms with Crippen LogP contribution < -0.4 is 5.73 Å². The van der Waals surface area contributed by atoms with Gasteiger partial charge in [-0.15, -0.1) is 0 Å². The molecule has 2 N–H and O–H groups in total. The Balaban J connectivity index is 1.27. The molecule has 2 amide bonds. The molecule has 3 aliphatic rings. The van der Waals surface area contributed by atoms with E-state index >= 15 is 0 Å². The first-order valence-electron chi connectivity index (χ1n) is 15.5. The van der Waals surface area contributed by atoms with E-state index in [0.29, 0.717) is 29.5 Å². The number of rotatable bonds is 11. The highest BCUT2D eigenvalue weighted by molar-refractivity contribution is 5.92. The van der Waals surface area contributed by atoms with Crippen LogP contribution in [-0.4, -0.2) is 78.4 Å². The number of primary amides is 1. The van der Waals surface area contributed by atoms with Crippen LogP contribution in [0.5, 0.6) is 0 Å². The zero-order valence-corrected chi connectivity index (χ0v) is 24.5. The van der Waals surface area contributed by atoms with Gasteiger partial charge in [-0.3, -0.25) is 19.4 Å². The largest absolute Gasteiger partial charge is 0.366 e. The highest BCUT2D eigenvalue weighted by Crippen LogP contribution is 2.43. The molecular formula is C34H48N4O2. The maximum Gasteiger partial charge on any atom is 0.248 e. The molecule has 1 saturated carbocycles. The Labute approximate surface area is 240 Å². The van der Waals surface area contributed by atoms with Gasteiger partial charge in [-0.1, -0.05) is 61.7 Å². The molecule has 40 heavy (non-hydrogen) atoms. The van der Waals surface area contributed by atoms with Crippen LogP contribution in [0.4, 0.5) is 0 Å². The smallest absolute Gasteiger partial charge is 0.248 e. The van der Waals surface area contributed by atoms with Crippen molar-refractivity contribution in [3.05, 3.63) is 71.3 Å². The molecule has 0 radical (unpaired) electrons. The molecule has 2 saturated heterocycles. The van der Waals surface area contributed by atoms with Crippen molar-refractivity contribution in [2.45, 2.75) is 88.3 Å². The van der Waals surface area contributed by atoms with Crippen LogP contribution in [0, 0.1) is 5.92 Å². The van der Waals surface area contributed by atoms with Gasteiger partial charge >= 0.3 is 0 Å². The van der Waals surface area contributed by atoms with Crippen LogP contribution in [0.1, 0.15) is 85.2 Å². The first kappa shape index (κ1) is 28.8. The number of nitrogens with two attached hydrogens (primary N) is 1. The molecule has 2 aromatic carbocycles. The predicted molar refractivity (Wildman–Crippen MR) is 161 cm³/mol. The van der Waals surface area contributed by atoms with Crippen molar-refractivity contribution in [1.82, 2.24) is 14.7 Å². The summed E-state index contributed by atoms with van der Waals surface area (Å²) in [6, 6.07) is 19.3. The van der Waals surface area contributed by atoms with E-state index in [9.17, 15) is 9.59 Å². The first-order chi connectivity index (χ1) is 19.4. The minimum absolute atomic E-state index is 0.147.